The third kappa shape index (κ3) is 5.02. The third-order valence-corrected chi connectivity index (χ3v) is 4.00. The second-order valence-electron chi connectivity index (χ2n) is 5.72. The molecule has 5 nitrogen and oxygen atoms in total. The molecule has 1 saturated heterocycles. The van der Waals surface area contributed by atoms with E-state index >= 15 is 0 Å². The number of hydrogen-bond donors (Lipinski definition) is 1. The van der Waals surface area contributed by atoms with Gasteiger partial charge in [0.2, 0.25) is 0 Å². The molecule has 0 amide bonds. The summed E-state index contributed by atoms with van der Waals surface area (Å²) in [6.07, 6.45) is 3.04. The zero-order valence-electron chi connectivity index (χ0n) is 13.4. The van der Waals surface area contributed by atoms with Gasteiger partial charge in [-0.3, -0.25) is 0 Å². The third-order valence-electron chi connectivity index (χ3n) is 4.00. The van der Waals surface area contributed by atoms with E-state index in [1.807, 2.05) is 0 Å². The number of nitrogens with one attached hydrogen (secondary N) is 1. The van der Waals surface area contributed by atoms with Crippen molar-refractivity contribution < 1.29 is 9.47 Å². The van der Waals surface area contributed by atoms with Crippen LogP contribution in [-0.4, -0.2) is 50.0 Å². The van der Waals surface area contributed by atoms with Gasteiger partial charge in [0.15, 0.2) is 0 Å². The monoisotopic (exact) mass is 293 g/mol. The van der Waals surface area contributed by atoms with Crippen LogP contribution in [0.1, 0.15) is 29.2 Å². The maximum absolute atomic E-state index is 5.42. The van der Waals surface area contributed by atoms with E-state index in [1.54, 1.807) is 7.11 Å². The highest BCUT2D eigenvalue weighted by Crippen LogP contribution is 2.18. The van der Waals surface area contributed by atoms with Gasteiger partial charge in [0, 0.05) is 44.7 Å². The van der Waals surface area contributed by atoms with Gasteiger partial charge < -0.3 is 14.8 Å². The van der Waals surface area contributed by atoms with Crippen LogP contribution in [0, 0.1) is 19.8 Å². The Balaban J connectivity index is 1.89. The maximum Gasteiger partial charge on any atom is 0.129 e. The first-order valence-corrected chi connectivity index (χ1v) is 7.81. The lowest BCUT2D eigenvalue weighted by Gasteiger charge is -2.13. The summed E-state index contributed by atoms with van der Waals surface area (Å²) in [5.74, 6) is 1.56. The SMILES string of the molecule is COCCNCCc1c(C)nc(CC2CCOC2)nc1C. The zero-order valence-corrected chi connectivity index (χ0v) is 13.4. The van der Waals surface area contributed by atoms with E-state index in [4.69, 9.17) is 19.4 Å². The maximum atomic E-state index is 5.42. The molecule has 2 heterocycles. The summed E-state index contributed by atoms with van der Waals surface area (Å²) in [5.41, 5.74) is 3.50. The van der Waals surface area contributed by atoms with Crippen molar-refractivity contribution in [1.82, 2.24) is 15.3 Å². The molecule has 1 unspecified atom stereocenters. The van der Waals surface area contributed by atoms with Crippen molar-refractivity contribution in [3.8, 4) is 0 Å². The standard InChI is InChI=1S/C16H27N3O2/c1-12-15(4-6-17-7-9-20-3)13(2)19-16(18-12)10-14-5-8-21-11-14/h14,17H,4-11H2,1-3H3. The molecule has 1 aliphatic rings. The van der Waals surface area contributed by atoms with Gasteiger partial charge in [0.05, 0.1) is 6.61 Å². The van der Waals surface area contributed by atoms with Gasteiger partial charge in [0.25, 0.3) is 0 Å². The Kier molecular flexibility index (Phi) is 6.54. The van der Waals surface area contributed by atoms with E-state index in [-0.39, 0.29) is 0 Å². The summed E-state index contributed by atoms with van der Waals surface area (Å²) in [6, 6.07) is 0. The van der Waals surface area contributed by atoms with Crippen LogP contribution in [0.4, 0.5) is 0 Å². The fourth-order valence-corrected chi connectivity index (χ4v) is 2.78. The van der Waals surface area contributed by atoms with Crippen LogP contribution < -0.4 is 5.32 Å². The van der Waals surface area contributed by atoms with Gasteiger partial charge in [-0.2, -0.15) is 0 Å². The van der Waals surface area contributed by atoms with E-state index in [0.717, 1.165) is 69.4 Å². The number of aromatic nitrogens is 2. The molecular formula is C16H27N3O2. The number of rotatable bonds is 8. The van der Waals surface area contributed by atoms with Crippen molar-refractivity contribution in [2.45, 2.75) is 33.1 Å². The molecule has 1 aliphatic heterocycles. The molecule has 21 heavy (non-hydrogen) atoms. The van der Waals surface area contributed by atoms with E-state index in [9.17, 15) is 0 Å². The van der Waals surface area contributed by atoms with Crippen molar-refractivity contribution in [1.29, 1.82) is 0 Å². The average molecular weight is 293 g/mol. The van der Waals surface area contributed by atoms with Crippen LogP contribution in [-0.2, 0) is 22.3 Å². The number of hydrogen-bond acceptors (Lipinski definition) is 5. The molecule has 1 atom stereocenters. The Bertz CT molecular complexity index is 422. The van der Waals surface area contributed by atoms with E-state index in [0.29, 0.717) is 5.92 Å². The molecule has 1 aromatic heterocycles. The average Bonchev–Trinajstić information content (AvgIpc) is 2.94. The van der Waals surface area contributed by atoms with Crippen molar-refractivity contribution in [2.24, 2.45) is 5.92 Å². The number of nitrogens with zero attached hydrogens (tertiary/aromatic N) is 2. The minimum absolute atomic E-state index is 0.588. The Morgan fingerprint density at radius 3 is 2.62 bits per heavy atom. The molecule has 0 aromatic carbocycles. The number of aryl methyl sites for hydroxylation is 2. The van der Waals surface area contributed by atoms with Gasteiger partial charge in [-0.15, -0.1) is 0 Å². The molecule has 0 bridgehead atoms. The number of methoxy groups -OCH3 is 1. The molecule has 118 valence electrons. The zero-order chi connectivity index (χ0) is 15.1. The lowest BCUT2D eigenvalue weighted by atomic mass is 10.0. The topological polar surface area (TPSA) is 56.3 Å². The lowest BCUT2D eigenvalue weighted by Crippen LogP contribution is -2.22. The van der Waals surface area contributed by atoms with E-state index in [2.05, 4.69) is 19.2 Å². The van der Waals surface area contributed by atoms with Crippen LogP contribution in [0.15, 0.2) is 0 Å². The predicted molar refractivity (Wildman–Crippen MR) is 82.6 cm³/mol. The van der Waals surface area contributed by atoms with Gasteiger partial charge in [-0.1, -0.05) is 0 Å². The fourth-order valence-electron chi connectivity index (χ4n) is 2.78. The summed E-state index contributed by atoms with van der Waals surface area (Å²) in [7, 11) is 1.72. The Morgan fingerprint density at radius 1 is 1.24 bits per heavy atom. The first-order chi connectivity index (χ1) is 10.2. The Labute approximate surface area is 127 Å². The van der Waals surface area contributed by atoms with E-state index < -0.39 is 0 Å². The fraction of sp³-hybridized carbons (Fsp3) is 0.750. The van der Waals surface area contributed by atoms with Crippen LogP contribution in [0.5, 0.6) is 0 Å². The van der Waals surface area contributed by atoms with Crippen LogP contribution in [0.25, 0.3) is 0 Å². The van der Waals surface area contributed by atoms with E-state index in [1.165, 1.54) is 5.56 Å². The van der Waals surface area contributed by atoms with Crippen LogP contribution >= 0.6 is 0 Å². The Hall–Kier alpha value is -1.04. The van der Waals surface area contributed by atoms with Gasteiger partial charge in [-0.05, 0) is 44.7 Å². The normalized spacial score (nSPS) is 18.3. The largest absolute Gasteiger partial charge is 0.383 e. The number of ether oxygens (including phenoxy) is 2. The van der Waals surface area contributed by atoms with Gasteiger partial charge in [0.1, 0.15) is 5.82 Å². The molecule has 0 aliphatic carbocycles. The Morgan fingerprint density at radius 2 is 2.00 bits per heavy atom. The highest BCUT2D eigenvalue weighted by atomic mass is 16.5. The second kappa shape index (κ2) is 8.41. The van der Waals surface area contributed by atoms with Crippen molar-refractivity contribution >= 4 is 0 Å². The summed E-state index contributed by atoms with van der Waals surface area (Å²) in [6.45, 7) is 8.48. The molecule has 0 spiro atoms. The van der Waals surface area contributed by atoms with Crippen LogP contribution in [0.2, 0.25) is 0 Å². The molecule has 1 aromatic rings. The first kappa shape index (κ1) is 16.3. The van der Waals surface area contributed by atoms with Crippen LogP contribution in [0.3, 0.4) is 0 Å². The van der Waals surface area contributed by atoms with Crippen molar-refractivity contribution in [3.63, 3.8) is 0 Å². The summed E-state index contributed by atoms with van der Waals surface area (Å²) in [4.78, 5) is 9.39. The molecule has 5 heteroatoms. The van der Waals surface area contributed by atoms with Crippen molar-refractivity contribution in [3.05, 3.63) is 22.8 Å². The lowest BCUT2D eigenvalue weighted by molar-refractivity contribution is 0.185. The van der Waals surface area contributed by atoms with Gasteiger partial charge >= 0.3 is 0 Å². The second-order valence-corrected chi connectivity index (χ2v) is 5.72. The smallest absolute Gasteiger partial charge is 0.129 e. The van der Waals surface area contributed by atoms with Crippen molar-refractivity contribution in [2.75, 3.05) is 40.0 Å². The summed E-state index contributed by atoms with van der Waals surface area (Å²) >= 11 is 0. The minimum Gasteiger partial charge on any atom is -0.383 e. The molecule has 0 saturated carbocycles. The first-order valence-electron chi connectivity index (χ1n) is 7.81. The highest BCUT2D eigenvalue weighted by Gasteiger charge is 2.18. The highest BCUT2D eigenvalue weighted by molar-refractivity contribution is 5.24. The minimum atomic E-state index is 0.588. The molecule has 1 fully saturated rings. The molecule has 2 rings (SSSR count). The van der Waals surface area contributed by atoms with Gasteiger partial charge in [-0.25, -0.2) is 9.97 Å². The molecular weight excluding hydrogens is 266 g/mol. The quantitative estimate of drug-likeness (QED) is 0.735. The summed E-state index contributed by atoms with van der Waals surface area (Å²) < 4.78 is 10.4. The molecule has 1 N–H and O–H groups in total. The molecule has 0 radical (unpaired) electrons. The summed E-state index contributed by atoms with van der Waals surface area (Å²) in [5, 5.41) is 3.37. The predicted octanol–water partition coefficient (Wildman–Crippen LogP) is 1.45.